The van der Waals surface area contributed by atoms with Gasteiger partial charge in [0.15, 0.2) is 0 Å². The van der Waals surface area contributed by atoms with E-state index in [1.165, 1.54) is 18.4 Å². The molecule has 0 aromatic carbocycles. The van der Waals surface area contributed by atoms with Crippen molar-refractivity contribution in [1.29, 1.82) is 0 Å². The molecule has 0 spiro atoms. The van der Waals surface area contributed by atoms with E-state index in [1.807, 2.05) is 18.5 Å². The fraction of sp³-hybridized carbons (Fsp3) is 0.500. The summed E-state index contributed by atoms with van der Waals surface area (Å²) in [5.41, 5.74) is 1.31. The van der Waals surface area contributed by atoms with E-state index in [9.17, 15) is 0 Å². The Morgan fingerprint density at radius 2 is 2.38 bits per heavy atom. The van der Waals surface area contributed by atoms with Crippen LogP contribution in [0, 0.1) is 0 Å². The van der Waals surface area contributed by atoms with Gasteiger partial charge in [0.2, 0.25) is 0 Å². The highest BCUT2D eigenvalue weighted by atomic mass is 79.9. The van der Waals surface area contributed by atoms with Crippen LogP contribution in [0.25, 0.3) is 0 Å². The maximum atomic E-state index is 4.13. The third kappa shape index (κ3) is 2.29. The molecule has 2 heterocycles. The molecular formula is C10H13BrN2. The Morgan fingerprint density at radius 1 is 1.46 bits per heavy atom. The summed E-state index contributed by atoms with van der Waals surface area (Å²) in [5, 5.41) is 3.50. The lowest BCUT2D eigenvalue weighted by Crippen LogP contribution is -2.33. The van der Waals surface area contributed by atoms with E-state index in [2.05, 4.69) is 32.3 Å². The highest BCUT2D eigenvalue weighted by Gasteiger charge is 2.19. The Hall–Kier alpha value is -0.410. The third-order valence-electron chi connectivity index (χ3n) is 2.44. The van der Waals surface area contributed by atoms with Crippen LogP contribution in [0.3, 0.4) is 0 Å². The van der Waals surface area contributed by atoms with Gasteiger partial charge in [0.1, 0.15) is 0 Å². The van der Waals surface area contributed by atoms with Crippen molar-refractivity contribution < 1.29 is 0 Å². The van der Waals surface area contributed by atoms with E-state index in [-0.39, 0.29) is 0 Å². The Labute approximate surface area is 86.9 Å². The zero-order chi connectivity index (χ0) is 9.10. The van der Waals surface area contributed by atoms with Crippen molar-refractivity contribution in [2.45, 2.75) is 23.7 Å². The molecule has 1 aliphatic heterocycles. The molecule has 2 atom stereocenters. The minimum absolute atomic E-state index is 0.502. The fourth-order valence-corrected chi connectivity index (χ4v) is 2.14. The molecule has 70 valence electrons. The second-order valence-corrected chi connectivity index (χ2v) is 4.72. The first-order chi connectivity index (χ1) is 6.36. The Morgan fingerprint density at radius 3 is 3.00 bits per heavy atom. The minimum atomic E-state index is 0.502. The van der Waals surface area contributed by atoms with Crippen LogP contribution >= 0.6 is 15.9 Å². The van der Waals surface area contributed by atoms with Crippen LogP contribution in [-0.2, 0) is 0 Å². The Balaban J connectivity index is 2.03. The number of nitrogens with zero attached hydrogens (tertiary/aromatic N) is 1. The molecule has 1 aliphatic rings. The van der Waals surface area contributed by atoms with Gasteiger partial charge in [0.05, 0.1) is 0 Å². The lowest BCUT2D eigenvalue weighted by Gasteiger charge is -2.26. The van der Waals surface area contributed by atoms with Gasteiger partial charge in [-0.3, -0.25) is 4.98 Å². The molecule has 3 heteroatoms. The van der Waals surface area contributed by atoms with Crippen LogP contribution in [0.1, 0.15) is 24.4 Å². The Kier molecular flexibility index (Phi) is 2.96. The van der Waals surface area contributed by atoms with E-state index < -0.39 is 0 Å². The maximum absolute atomic E-state index is 4.13. The van der Waals surface area contributed by atoms with Crippen LogP contribution in [-0.4, -0.2) is 16.4 Å². The number of pyridine rings is 1. The first-order valence-corrected chi connectivity index (χ1v) is 5.55. The number of nitrogens with one attached hydrogen (secondary N) is 1. The fourth-order valence-electron chi connectivity index (χ4n) is 1.69. The molecule has 0 radical (unpaired) electrons. The summed E-state index contributed by atoms with van der Waals surface area (Å²) in [6, 6.07) is 4.64. The normalized spacial score (nSPS) is 28.7. The van der Waals surface area contributed by atoms with E-state index >= 15 is 0 Å². The topological polar surface area (TPSA) is 24.9 Å². The zero-order valence-electron chi connectivity index (χ0n) is 7.41. The van der Waals surface area contributed by atoms with Gasteiger partial charge >= 0.3 is 0 Å². The van der Waals surface area contributed by atoms with Crippen LogP contribution in [0.4, 0.5) is 0 Å². The standard InChI is InChI=1S/C10H13BrN2/c11-9-3-4-10(13-7-9)8-2-1-5-12-6-8/h1-2,5-6,9-10,13H,3-4,7H2. The van der Waals surface area contributed by atoms with E-state index in [0.717, 1.165) is 6.54 Å². The second kappa shape index (κ2) is 4.20. The second-order valence-electron chi connectivity index (χ2n) is 3.42. The van der Waals surface area contributed by atoms with E-state index in [0.29, 0.717) is 10.9 Å². The molecule has 0 saturated carbocycles. The highest BCUT2D eigenvalue weighted by Crippen LogP contribution is 2.24. The summed E-state index contributed by atoms with van der Waals surface area (Å²) in [7, 11) is 0. The molecular weight excluding hydrogens is 228 g/mol. The van der Waals surface area contributed by atoms with Gasteiger partial charge in [-0.05, 0) is 24.5 Å². The minimum Gasteiger partial charge on any atom is -0.309 e. The van der Waals surface area contributed by atoms with Gasteiger partial charge in [0, 0.05) is 29.8 Å². The highest BCUT2D eigenvalue weighted by molar-refractivity contribution is 9.09. The number of hydrogen-bond donors (Lipinski definition) is 1. The number of aromatic nitrogens is 1. The van der Waals surface area contributed by atoms with Crippen LogP contribution in [0.5, 0.6) is 0 Å². The van der Waals surface area contributed by atoms with Crippen molar-refractivity contribution >= 4 is 15.9 Å². The number of alkyl halides is 1. The maximum Gasteiger partial charge on any atom is 0.0336 e. The molecule has 0 amide bonds. The Bertz CT molecular complexity index is 255. The number of rotatable bonds is 1. The smallest absolute Gasteiger partial charge is 0.0336 e. The molecule has 2 unspecified atom stereocenters. The molecule has 0 aliphatic carbocycles. The average molecular weight is 241 g/mol. The number of hydrogen-bond acceptors (Lipinski definition) is 2. The SMILES string of the molecule is BrC1CCC(c2cccnc2)NC1. The van der Waals surface area contributed by atoms with Crippen LogP contribution < -0.4 is 5.32 Å². The van der Waals surface area contributed by atoms with Crippen molar-refractivity contribution in [1.82, 2.24) is 10.3 Å². The summed E-state index contributed by atoms with van der Waals surface area (Å²) in [5.74, 6) is 0. The molecule has 1 fully saturated rings. The quantitative estimate of drug-likeness (QED) is 0.763. The zero-order valence-corrected chi connectivity index (χ0v) is 9.00. The number of halogens is 1. The summed E-state index contributed by atoms with van der Waals surface area (Å²) in [4.78, 5) is 4.77. The van der Waals surface area contributed by atoms with Crippen molar-refractivity contribution in [2.75, 3.05) is 6.54 Å². The molecule has 13 heavy (non-hydrogen) atoms. The lowest BCUT2D eigenvalue weighted by atomic mass is 9.99. The van der Waals surface area contributed by atoms with E-state index in [1.54, 1.807) is 0 Å². The molecule has 1 N–H and O–H groups in total. The third-order valence-corrected chi connectivity index (χ3v) is 3.22. The van der Waals surface area contributed by atoms with Crippen molar-refractivity contribution in [3.63, 3.8) is 0 Å². The molecule has 2 nitrogen and oxygen atoms in total. The summed E-state index contributed by atoms with van der Waals surface area (Å²) in [6.07, 6.45) is 6.21. The molecule has 1 aromatic heterocycles. The molecule has 1 saturated heterocycles. The molecule has 0 bridgehead atoms. The first kappa shape index (κ1) is 9.16. The monoisotopic (exact) mass is 240 g/mol. The molecule has 1 aromatic rings. The first-order valence-electron chi connectivity index (χ1n) is 4.63. The van der Waals surface area contributed by atoms with Gasteiger partial charge in [-0.25, -0.2) is 0 Å². The summed E-state index contributed by atoms with van der Waals surface area (Å²) >= 11 is 3.61. The lowest BCUT2D eigenvalue weighted by molar-refractivity contribution is 0.423. The van der Waals surface area contributed by atoms with Gasteiger partial charge in [-0.15, -0.1) is 0 Å². The predicted octanol–water partition coefficient (Wildman–Crippen LogP) is 2.27. The summed E-state index contributed by atoms with van der Waals surface area (Å²) < 4.78 is 0. The largest absolute Gasteiger partial charge is 0.309 e. The van der Waals surface area contributed by atoms with Crippen molar-refractivity contribution in [3.8, 4) is 0 Å². The predicted molar refractivity (Wildman–Crippen MR) is 56.9 cm³/mol. The van der Waals surface area contributed by atoms with Crippen LogP contribution in [0.15, 0.2) is 24.5 Å². The van der Waals surface area contributed by atoms with Crippen molar-refractivity contribution in [2.24, 2.45) is 0 Å². The van der Waals surface area contributed by atoms with Crippen molar-refractivity contribution in [3.05, 3.63) is 30.1 Å². The molecule has 2 rings (SSSR count). The van der Waals surface area contributed by atoms with E-state index in [4.69, 9.17) is 0 Å². The number of piperidine rings is 1. The summed E-state index contributed by atoms with van der Waals surface area (Å²) in [6.45, 7) is 1.06. The van der Waals surface area contributed by atoms with Crippen LogP contribution in [0.2, 0.25) is 0 Å². The average Bonchev–Trinajstić information content (AvgIpc) is 2.20. The van der Waals surface area contributed by atoms with Gasteiger partial charge in [-0.2, -0.15) is 0 Å². The van der Waals surface area contributed by atoms with Gasteiger partial charge < -0.3 is 5.32 Å². The van der Waals surface area contributed by atoms with Gasteiger partial charge in [0.25, 0.3) is 0 Å². The van der Waals surface area contributed by atoms with Gasteiger partial charge in [-0.1, -0.05) is 22.0 Å².